The number of nitro groups is 1. The molecule has 158 valence electrons. The second kappa shape index (κ2) is 9.38. The summed E-state index contributed by atoms with van der Waals surface area (Å²) in [6.45, 7) is 1.19. The van der Waals surface area contributed by atoms with Crippen molar-refractivity contribution in [2.45, 2.75) is 44.5 Å². The second-order valence-electron chi connectivity index (χ2n) is 7.74. The first kappa shape index (κ1) is 20.5. The van der Waals surface area contributed by atoms with Gasteiger partial charge in [-0.1, -0.05) is 30.3 Å². The Hall–Kier alpha value is -2.74. The van der Waals surface area contributed by atoms with E-state index in [0.29, 0.717) is 18.7 Å². The van der Waals surface area contributed by atoms with E-state index in [9.17, 15) is 15.2 Å². The summed E-state index contributed by atoms with van der Waals surface area (Å²) >= 11 is 0. The standard InChI is InChI=1S/C23H26N2O5/c26-19-6-8-20(9-7-19)30-11-10-29-15-16-12-18-14-21(17-4-2-1-3-5-17)24-23(18)22(13-16)25(27)28/h1-5,12-14,19-20,24,26H,6-11,15H2. The van der Waals surface area contributed by atoms with Crippen LogP contribution < -0.4 is 0 Å². The number of aliphatic hydroxyl groups is 1. The van der Waals surface area contributed by atoms with E-state index >= 15 is 0 Å². The molecule has 0 saturated heterocycles. The van der Waals surface area contributed by atoms with E-state index in [2.05, 4.69) is 4.98 Å². The van der Waals surface area contributed by atoms with Crippen molar-refractivity contribution in [2.75, 3.05) is 13.2 Å². The Morgan fingerprint density at radius 3 is 2.57 bits per heavy atom. The molecule has 1 aliphatic rings. The molecule has 0 atom stereocenters. The largest absolute Gasteiger partial charge is 0.393 e. The summed E-state index contributed by atoms with van der Waals surface area (Å²) < 4.78 is 11.5. The molecule has 30 heavy (non-hydrogen) atoms. The monoisotopic (exact) mass is 410 g/mol. The third-order valence-electron chi connectivity index (χ3n) is 5.54. The van der Waals surface area contributed by atoms with Gasteiger partial charge >= 0.3 is 0 Å². The first-order valence-electron chi connectivity index (χ1n) is 10.3. The van der Waals surface area contributed by atoms with Crippen LogP contribution in [0, 0.1) is 10.1 Å². The average molecular weight is 410 g/mol. The van der Waals surface area contributed by atoms with Crippen LogP contribution in [0.2, 0.25) is 0 Å². The van der Waals surface area contributed by atoms with Gasteiger partial charge in [0.1, 0.15) is 5.52 Å². The van der Waals surface area contributed by atoms with E-state index in [1.165, 1.54) is 0 Å². The van der Waals surface area contributed by atoms with Crippen LogP contribution in [0.5, 0.6) is 0 Å². The van der Waals surface area contributed by atoms with Gasteiger partial charge in [0.2, 0.25) is 0 Å². The Bertz CT molecular complexity index is 994. The Morgan fingerprint density at radius 1 is 1.07 bits per heavy atom. The Kier molecular flexibility index (Phi) is 6.42. The summed E-state index contributed by atoms with van der Waals surface area (Å²) in [5.74, 6) is 0. The van der Waals surface area contributed by atoms with Crippen molar-refractivity contribution in [3.05, 3.63) is 64.2 Å². The number of nitrogens with one attached hydrogen (secondary N) is 1. The lowest BCUT2D eigenvalue weighted by Gasteiger charge is -2.25. The summed E-state index contributed by atoms with van der Waals surface area (Å²) in [4.78, 5) is 14.4. The first-order chi connectivity index (χ1) is 14.6. The summed E-state index contributed by atoms with van der Waals surface area (Å²) in [6.07, 6.45) is 3.32. The number of hydrogen-bond donors (Lipinski definition) is 2. The molecule has 1 saturated carbocycles. The fourth-order valence-electron chi connectivity index (χ4n) is 3.96. The third kappa shape index (κ3) is 4.87. The van der Waals surface area contributed by atoms with Crippen molar-refractivity contribution >= 4 is 16.6 Å². The number of ether oxygens (including phenoxy) is 2. The van der Waals surface area contributed by atoms with Gasteiger partial charge in [-0.2, -0.15) is 0 Å². The number of rotatable bonds is 8. The second-order valence-corrected chi connectivity index (χ2v) is 7.74. The average Bonchev–Trinajstić information content (AvgIpc) is 3.19. The number of aliphatic hydroxyl groups excluding tert-OH is 1. The van der Waals surface area contributed by atoms with Crippen LogP contribution in [0.4, 0.5) is 5.69 Å². The minimum atomic E-state index is -0.363. The van der Waals surface area contributed by atoms with Crippen LogP contribution in [-0.2, 0) is 16.1 Å². The molecule has 1 fully saturated rings. The highest BCUT2D eigenvalue weighted by molar-refractivity contribution is 5.92. The SMILES string of the molecule is O=[N+]([O-])c1cc(COCCOC2CCC(O)CC2)cc2cc(-c3ccccc3)[nH]c12. The molecule has 4 rings (SSSR count). The predicted molar refractivity (Wildman–Crippen MR) is 114 cm³/mol. The lowest BCUT2D eigenvalue weighted by molar-refractivity contribution is -0.383. The quantitative estimate of drug-likeness (QED) is 0.322. The third-order valence-corrected chi connectivity index (χ3v) is 5.54. The molecule has 0 bridgehead atoms. The maximum absolute atomic E-state index is 11.6. The summed E-state index contributed by atoms with van der Waals surface area (Å²) in [5.41, 5.74) is 3.15. The van der Waals surface area contributed by atoms with Crippen molar-refractivity contribution in [3.8, 4) is 11.3 Å². The molecule has 1 heterocycles. The Balaban J connectivity index is 1.39. The summed E-state index contributed by atoms with van der Waals surface area (Å²) in [7, 11) is 0. The number of aromatic amines is 1. The van der Waals surface area contributed by atoms with E-state index < -0.39 is 0 Å². The highest BCUT2D eigenvalue weighted by atomic mass is 16.6. The highest BCUT2D eigenvalue weighted by Crippen LogP contribution is 2.31. The van der Waals surface area contributed by atoms with Crippen LogP contribution in [-0.4, -0.2) is 40.4 Å². The van der Waals surface area contributed by atoms with Gasteiger partial charge < -0.3 is 19.6 Å². The predicted octanol–water partition coefficient (Wildman–Crippen LogP) is 4.58. The summed E-state index contributed by atoms with van der Waals surface area (Å²) in [6, 6.07) is 15.2. The number of hydrogen-bond acceptors (Lipinski definition) is 5. The zero-order valence-corrected chi connectivity index (χ0v) is 16.8. The van der Waals surface area contributed by atoms with Crippen molar-refractivity contribution in [2.24, 2.45) is 0 Å². The molecule has 1 aromatic heterocycles. The number of nitro benzene ring substituents is 1. The summed E-state index contributed by atoms with van der Waals surface area (Å²) in [5, 5.41) is 21.9. The molecular formula is C23H26N2O5. The molecule has 0 aliphatic heterocycles. The van der Waals surface area contributed by atoms with Gasteiger partial charge in [-0.15, -0.1) is 0 Å². The van der Waals surface area contributed by atoms with Gasteiger partial charge in [0.05, 0.1) is 37.0 Å². The lowest BCUT2D eigenvalue weighted by Crippen LogP contribution is -2.25. The normalized spacial score (nSPS) is 19.2. The van der Waals surface area contributed by atoms with Crippen molar-refractivity contribution in [3.63, 3.8) is 0 Å². The van der Waals surface area contributed by atoms with Gasteiger partial charge in [-0.05, 0) is 48.9 Å². The van der Waals surface area contributed by atoms with Crippen LogP contribution >= 0.6 is 0 Å². The number of fused-ring (bicyclic) bond motifs is 1. The minimum Gasteiger partial charge on any atom is -0.393 e. The zero-order chi connectivity index (χ0) is 20.9. The molecule has 1 aliphatic carbocycles. The van der Waals surface area contributed by atoms with Crippen molar-refractivity contribution < 1.29 is 19.5 Å². The van der Waals surface area contributed by atoms with E-state index in [1.54, 1.807) is 6.07 Å². The molecule has 7 nitrogen and oxygen atoms in total. The Labute approximate surface area is 174 Å². The van der Waals surface area contributed by atoms with E-state index in [1.807, 2.05) is 42.5 Å². The van der Waals surface area contributed by atoms with Gasteiger partial charge in [-0.25, -0.2) is 0 Å². The zero-order valence-electron chi connectivity index (χ0n) is 16.8. The van der Waals surface area contributed by atoms with E-state index in [4.69, 9.17) is 9.47 Å². The van der Waals surface area contributed by atoms with Gasteiger partial charge in [0.15, 0.2) is 0 Å². The highest BCUT2D eigenvalue weighted by Gasteiger charge is 2.20. The first-order valence-corrected chi connectivity index (χ1v) is 10.3. The maximum Gasteiger partial charge on any atom is 0.293 e. The number of benzene rings is 2. The number of non-ortho nitro benzene ring substituents is 1. The Morgan fingerprint density at radius 2 is 1.83 bits per heavy atom. The molecule has 0 unspecified atom stereocenters. The molecule has 2 aromatic carbocycles. The van der Waals surface area contributed by atoms with Gasteiger partial charge in [0, 0.05) is 17.1 Å². The molecule has 3 aromatic rings. The van der Waals surface area contributed by atoms with Gasteiger partial charge in [0.25, 0.3) is 5.69 Å². The van der Waals surface area contributed by atoms with E-state index in [0.717, 1.165) is 47.9 Å². The number of nitrogens with zero attached hydrogens (tertiary/aromatic N) is 1. The lowest BCUT2D eigenvalue weighted by atomic mass is 9.95. The number of H-pyrrole nitrogens is 1. The molecular weight excluding hydrogens is 384 g/mol. The molecule has 7 heteroatoms. The topological polar surface area (TPSA) is 97.6 Å². The van der Waals surface area contributed by atoms with Crippen LogP contribution in [0.15, 0.2) is 48.5 Å². The number of aromatic nitrogens is 1. The molecule has 0 amide bonds. The van der Waals surface area contributed by atoms with E-state index in [-0.39, 0.29) is 29.4 Å². The van der Waals surface area contributed by atoms with Crippen molar-refractivity contribution in [1.29, 1.82) is 0 Å². The van der Waals surface area contributed by atoms with Crippen LogP contribution in [0.25, 0.3) is 22.2 Å². The fraction of sp³-hybridized carbons (Fsp3) is 0.391. The fourth-order valence-corrected chi connectivity index (χ4v) is 3.96. The minimum absolute atomic E-state index is 0.0466. The van der Waals surface area contributed by atoms with Crippen molar-refractivity contribution in [1.82, 2.24) is 4.98 Å². The van der Waals surface area contributed by atoms with Gasteiger partial charge in [-0.3, -0.25) is 10.1 Å². The molecule has 2 N–H and O–H groups in total. The molecule has 0 radical (unpaired) electrons. The smallest absolute Gasteiger partial charge is 0.293 e. The van der Waals surface area contributed by atoms with Crippen LogP contribution in [0.3, 0.4) is 0 Å². The molecule has 0 spiro atoms. The maximum atomic E-state index is 11.6. The van der Waals surface area contributed by atoms with Crippen LogP contribution in [0.1, 0.15) is 31.2 Å².